The fraction of sp³-hybridized carbons (Fsp3) is 0.222. The number of fused-ring (bicyclic) bond motifs is 1. The number of rotatable bonds is 6. The molecule has 0 radical (unpaired) electrons. The first-order valence-electron chi connectivity index (χ1n) is 7.77. The van der Waals surface area contributed by atoms with Gasteiger partial charge in [0, 0.05) is 22.8 Å². The Kier molecular flexibility index (Phi) is 4.39. The van der Waals surface area contributed by atoms with Crippen LogP contribution in [0.15, 0.2) is 59.6 Å². The summed E-state index contributed by atoms with van der Waals surface area (Å²) < 4.78 is 27.6. The first kappa shape index (κ1) is 15.6. The largest absolute Gasteiger partial charge is 0.361 e. The van der Waals surface area contributed by atoms with E-state index in [0.717, 1.165) is 30.2 Å². The second-order valence-corrected chi connectivity index (χ2v) is 7.32. The summed E-state index contributed by atoms with van der Waals surface area (Å²) >= 11 is 0. The van der Waals surface area contributed by atoms with E-state index in [1.165, 1.54) is 5.56 Å². The number of hydrogen-bond acceptors (Lipinski definition) is 2. The Morgan fingerprint density at radius 3 is 2.57 bits per heavy atom. The predicted molar refractivity (Wildman–Crippen MR) is 94.2 cm³/mol. The molecule has 0 saturated heterocycles. The highest BCUT2D eigenvalue weighted by atomic mass is 32.2. The smallest absolute Gasteiger partial charge is 0.261 e. The molecule has 2 N–H and O–H groups in total. The molecule has 0 aliphatic heterocycles. The van der Waals surface area contributed by atoms with Gasteiger partial charge in [-0.1, -0.05) is 25.5 Å². The molecule has 3 rings (SSSR count). The Morgan fingerprint density at radius 1 is 1.04 bits per heavy atom. The van der Waals surface area contributed by atoms with Gasteiger partial charge in [0.05, 0.1) is 4.90 Å². The zero-order valence-corrected chi connectivity index (χ0v) is 13.9. The van der Waals surface area contributed by atoms with Crippen LogP contribution < -0.4 is 4.72 Å². The molecule has 0 unspecified atom stereocenters. The van der Waals surface area contributed by atoms with Crippen LogP contribution in [0.2, 0.25) is 0 Å². The molecule has 4 nitrogen and oxygen atoms in total. The number of nitrogens with one attached hydrogen (secondary N) is 2. The van der Waals surface area contributed by atoms with Crippen LogP contribution in [0.3, 0.4) is 0 Å². The maximum absolute atomic E-state index is 12.5. The van der Waals surface area contributed by atoms with Crippen LogP contribution in [0.25, 0.3) is 10.9 Å². The number of benzene rings is 2. The number of sulfonamides is 1. The topological polar surface area (TPSA) is 62.0 Å². The van der Waals surface area contributed by atoms with E-state index in [0.29, 0.717) is 5.69 Å². The Balaban J connectivity index is 1.80. The summed E-state index contributed by atoms with van der Waals surface area (Å²) in [6.07, 6.45) is 5.05. The van der Waals surface area contributed by atoms with Crippen molar-refractivity contribution in [1.29, 1.82) is 0 Å². The molecule has 0 saturated carbocycles. The van der Waals surface area contributed by atoms with Crippen molar-refractivity contribution in [2.75, 3.05) is 4.72 Å². The zero-order valence-electron chi connectivity index (χ0n) is 13.0. The van der Waals surface area contributed by atoms with E-state index >= 15 is 0 Å². The lowest BCUT2D eigenvalue weighted by atomic mass is 10.1. The lowest BCUT2D eigenvalue weighted by Gasteiger charge is -2.09. The molecule has 1 aromatic heterocycles. The van der Waals surface area contributed by atoms with Crippen molar-refractivity contribution in [3.63, 3.8) is 0 Å². The van der Waals surface area contributed by atoms with E-state index in [9.17, 15) is 8.42 Å². The SMILES string of the molecule is CCCCc1ccc(S(=O)(=O)Nc2ccc3[nH]ccc3c2)cc1. The third-order valence-corrected chi connectivity index (χ3v) is 5.26. The summed E-state index contributed by atoms with van der Waals surface area (Å²) in [6, 6.07) is 14.5. The third kappa shape index (κ3) is 3.56. The summed E-state index contributed by atoms with van der Waals surface area (Å²) in [5.41, 5.74) is 2.71. The number of aromatic nitrogens is 1. The number of aromatic amines is 1. The minimum atomic E-state index is -3.56. The highest BCUT2D eigenvalue weighted by molar-refractivity contribution is 7.92. The second kappa shape index (κ2) is 6.46. The quantitative estimate of drug-likeness (QED) is 0.708. The minimum Gasteiger partial charge on any atom is -0.361 e. The molecule has 1 heterocycles. The number of unbranched alkanes of at least 4 members (excludes halogenated alkanes) is 1. The lowest BCUT2D eigenvalue weighted by molar-refractivity contribution is 0.601. The molecule has 2 aromatic carbocycles. The van der Waals surface area contributed by atoms with E-state index in [-0.39, 0.29) is 4.90 Å². The van der Waals surface area contributed by atoms with Crippen molar-refractivity contribution in [3.05, 3.63) is 60.3 Å². The molecule has 3 aromatic rings. The molecule has 0 bridgehead atoms. The molecular weight excluding hydrogens is 308 g/mol. The van der Waals surface area contributed by atoms with Crippen LogP contribution in [0.4, 0.5) is 5.69 Å². The van der Waals surface area contributed by atoms with E-state index in [1.54, 1.807) is 18.2 Å². The number of aryl methyl sites for hydroxylation is 1. The maximum Gasteiger partial charge on any atom is 0.261 e. The van der Waals surface area contributed by atoms with Crippen LogP contribution in [0, 0.1) is 0 Å². The van der Waals surface area contributed by atoms with Gasteiger partial charge in [0.1, 0.15) is 0 Å². The minimum absolute atomic E-state index is 0.284. The lowest BCUT2D eigenvalue weighted by Crippen LogP contribution is -2.12. The van der Waals surface area contributed by atoms with Crippen molar-refractivity contribution in [3.8, 4) is 0 Å². The van der Waals surface area contributed by atoms with Crippen molar-refractivity contribution in [2.24, 2.45) is 0 Å². The van der Waals surface area contributed by atoms with Crippen LogP contribution in [-0.2, 0) is 16.4 Å². The Hall–Kier alpha value is -2.27. The zero-order chi connectivity index (χ0) is 16.3. The van der Waals surface area contributed by atoms with Crippen molar-refractivity contribution < 1.29 is 8.42 Å². The summed E-state index contributed by atoms with van der Waals surface area (Å²) in [7, 11) is -3.56. The third-order valence-electron chi connectivity index (χ3n) is 3.86. The Morgan fingerprint density at radius 2 is 1.83 bits per heavy atom. The molecule has 0 spiro atoms. The molecule has 120 valence electrons. The summed E-state index contributed by atoms with van der Waals surface area (Å²) in [5, 5.41) is 0.972. The average molecular weight is 328 g/mol. The van der Waals surface area contributed by atoms with Gasteiger partial charge in [0.25, 0.3) is 10.0 Å². The van der Waals surface area contributed by atoms with Crippen LogP contribution >= 0.6 is 0 Å². The molecule has 5 heteroatoms. The fourth-order valence-corrected chi connectivity index (χ4v) is 3.60. The monoisotopic (exact) mass is 328 g/mol. The summed E-state index contributed by atoms with van der Waals surface area (Å²) in [4.78, 5) is 3.37. The van der Waals surface area contributed by atoms with Gasteiger partial charge in [0.15, 0.2) is 0 Å². The highest BCUT2D eigenvalue weighted by Crippen LogP contribution is 2.21. The summed E-state index contributed by atoms with van der Waals surface area (Å²) in [5.74, 6) is 0. The standard InChI is InChI=1S/C18H20N2O2S/c1-2-3-4-14-5-8-17(9-6-14)23(21,22)20-16-7-10-18-15(13-16)11-12-19-18/h5-13,19-20H,2-4H2,1H3. The van der Waals surface area contributed by atoms with Crippen LogP contribution in [-0.4, -0.2) is 13.4 Å². The number of hydrogen-bond donors (Lipinski definition) is 2. The van der Waals surface area contributed by atoms with Gasteiger partial charge < -0.3 is 4.98 Å². The van der Waals surface area contributed by atoms with E-state index in [1.807, 2.05) is 36.5 Å². The van der Waals surface area contributed by atoms with Gasteiger partial charge in [-0.25, -0.2) is 8.42 Å². The second-order valence-electron chi connectivity index (χ2n) is 5.63. The Bertz CT molecular complexity index is 896. The molecule has 0 aliphatic carbocycles. The molecule has 23 heavy (non-hydrogen) atoms. The van der Waals surface area contributed by atoms with Gasteiger partial charge in [-0.3, -0.25) is 4.72 Å². The first-order chi connectivity index (χ1) is 11.1. The van der Waals surface area contributed by atoms with Crippen molar-refractivity contribution in [1.82, 2.24) is 4.98 Å². The van der Waals surface area contributed by atoms with Gasteiger partial charge >= 0.3 is 0 Å². The fourth-order valence-electron chi connectivity index (χ4n) is 2.55. The van der Waals surface area contributed by atoms with E-state index < -0.39 is 10.0 Å². The first-order valence-corrected chi connectivity index (χ1v) is 9.26. The molecule has 0 amide bonds. The Labute approximate surface area is 136 Å². The van der Waals surface area contributed by atoms with Crippen LogP contribution in [0.1, 0.15) is 25.3 Å². The van der Waals surface area contributed by atoms with Crippen molar-refractivity contribution >= 4 is 26.6 Å². The van der Waals surface area contributed by atoms with E-state index in [2.05, 4.69) is 16.6 Å². The van der Waals surface area contributed by atoms with Gasteiger partial charge in [-0.05, 0) is 54.8 Å². The maximum atomic E-state index is 12.5. The predicted octanol–water partition coefficient (Wildman–Crippen LogP) is 4.31. The molecule has 0 aliphatic rings. The number of H-pyrrole nitrogens is 1. The van der Waals surface area contributed by atoms with Gasteiger partial charge in [0.2, 0.25) is 0 Å². The highest BCUT2D eigenvalue weighted by Gasteiger charge is 2.14. The number of anilines is 1. The van der Waals surface area contributed by atoms with Gasteiger partial charge in [-0.2, -0.15) is 0 Å². The summed E-state index contributed by atoms with van der Waals surface area (Å²) in [6.45, 7) is 2.14. The normalized spacial score (nSPS) is 11.7. The molecule has 0 atom stereocenters. The van der Waals surface area contributed by atoms with Gasteiger partial charge in [-0.15, -0.1) is 0 Å². The van der Waals surface area contributed by atoms with Crippen molar-refractivity contribution in [2.45, 2.75) is 31.1 Å². The van der Waals surface area contributed by atoms with E-state index in [4.69, 9.17) is 0 Å². The molecule has 0 fully saturated rings. The molecular formula is C18H20N2O2S. The van der Waals surface area contributed by atoms with Crippen LogP contribution in [0.5, 0.6) is 0 Å². The average Bonchev–Trinajstić information content (AvgIpc) is 3.00.